The number of rotatable bonds is 3. The minimum Gasteiger partial charge on any atom is -0.497 e. The Morgan fingerprint density at radius 2 is 2.14 bits per heavy atom. The number of hydrogen-bond donors (Lipinski definition) is 1. The minimum absolute atomic E-state index is 0.563. The maximum atomic E-state index is 8.84. The Balaban J connectivity index is 2.83. The quantitative estimate of drug-likeness (QED) is 0.796. The van der Waals surface area contributed by atoms with Crippen molar-refractivity contribution in [2.75, 3.05) is 12.4 Å². The molecule has 0 unspecified atom stereocenters. The molecule has 0 aromatic heterocycles. The van der Waals surface area contributed by atoms with E-state index in [0.717, 1.165) is 11.4 Å². The fourth-order valence-electron chi connectivity index (χ4n) is 1.09. The van der Waals surface area contributed by atoms with Crippen LogP contribution in [-0.2, 0) is 0 Å². The topological polar surface area (TPSA) is 45.0 Å². The van der Waals surface area contributed by atoms with Crippen molar-refractivity contribution in [1.82, 2.24) is 0 Å². The largest absolute Gasteiger partial charge is 0.497 e. The molecule has 0 saturated heterocycles. The van der Waals surface area contributed by atoms with E-state index >= 15 is 0 Å². The molecule has 1 aromatic rings. The highest BCUT2D eigenvalue weighted by Crippen LogP contribution is 2.19. The van der Waals surface area contributed by atoms with E-state index < -0.39 is 5.54 Å². The molecule has 0 bridgehead atoms. The molecule has 0 amide bonds. The van der Waals surface area contributed by atoms with Crippen LogP contribution in [0.15, 0.2) is 24.3 Å². The summed E-state index contributed by atoms with van der Waals surface area (Å²) in [5, 5.41) is 11.9. The first-order valence-corrected chi connectivity index (χ1v) is 4.41. The van der Waals surface area contributed by atoms with Gasteiger partial charge < -0.3 is 10.1 Å². The van der Waals surface area contributed by atoms with E-state index in [2.05, 4.69) is 11.4 Å². The zero-order valence-electron chi connectivity index (χ0n) is 8.66. The number of anilines is 1. The Hall–Kier alpha value is -1.69. The summed E-state index contributed by atoms with van der Waals surface area (Å²) in [4.78, 5) is 0. The Kier molecular flexibility index (Phi) is 2.98. The summed E-state index contributed by atoms with van der Waals surface area (Å²) in [5.41, 5.74) is 0.322. The second-order valence-corrected chi connectivity index (χ2v) is 3.59. The van der Waals surface area contributed by atoms with Gasteiger partial charge in [-0.25, -0.2) is 0 Å². The fraction of sp³-hybridized carbons (Fsp3) is 0.364. The molecule has 0 spiro atoms. The molecule has 0 fully saturated rings. The first-order chi connectivity index (χ1) is 6.57. The van der Waals surface area contributed by atoms with Crippen LogP contribution in [0.25, 0.3) is 0 Å². The summed E-state index contributed by atoms with van der Waals surface area (Å²) < 4.78 is 5.08. The van der Waals surface area contributed by atoms with Gasteiger partial charge in [-0.15, -0.1) is 0 Å². The molecule has 0 saturated carbocycles. The Bertz CT molecular complexity index is 353. The lowest BCUT2D eigenvalue weighted by molar-refractivity contribution is 0.415. The van der Waals surface area contributed by atoms with Crippen molar-refractivity contribution in [2.45, 2.75) is 19.4 Å². The minimum atomic E-state index is -0.563. The van der Waals surface area contributed by atoms with Crippen LogP contribution in [0.5, 0.6) is 5.75 Å². The number of hydrogen-bond acceptors (Lipinski definition) is 3. The van der Waals surface area contributed by atoms with Crippen molar-refractivity contribution < 1.29 is 4.74 Å². The van der Waals surface area contributed by atoms with Crippen LogP contribution in [0.1, 0.15) is 13.8 Å². The zero-order chi connectivity index (χ0) is 10.6. The smallest absolute Gasteiger partial charge is 0.120 e. The zero-order valence-corrected chi connectivity index (χ0v) is 8.66. The first kappa shape index (κ1) is 10.4. The van der Waals surface area contributed by atoms with Gasteiger partial charge in [-0.05, 0) is 26.0 Å². The third-order valence-corrected chi connectivity index (χ3v) is 1.81. The van der Waals surface area contributed by atoms with Gasteiger partial charge in [0.05, 0.1) is 13.2 Å². The summed E-state index contributed by atoms with van der Waals surface area (Å²) >= 11 is 0. The van der Waals surface area contributed by atoms with Crippen LogP contribution in [-0.4, -0.2) is 12.6 Å². The van der Waals surface area contributed by atoms with E-state index in [0.29, 0.717) is 0 Å². The number of benzene rings is 1. The molecule has 1 N–H and O–H groups in total. The SMILES string of the molecule is COc1cccc(NC(C)(C)C#N)c1. The molecule has 0 aliphatic rings. The van der Waals surface area contributed by atoms with E-state index in [-0.39, 0.29) is 0 Å². The lowest BCUT2D eigenvalue weighted by atomic mass is 10.1. The molecule has 3 nitrogen and oxygen atoms in total. The van der Waals surface area contributed by atoms with Crippen LogP contribution in [0.3, 0.4) is 0 Å². The highest BCUT2D eigenvalue weighted by Gasteiger charge is 2.15. The Labute approximate surface area is 84.3 Å². The molecular formula is C11H14N2O. The van der Waals surface area contributed by atoms with Gasteiger partial charge in [-0.2, -0.15) is 5.26 Å². The molecule has 0 radical (unpaired) electrons. The summed E-state index contributed by atoms with van der Waals surface area (Å²) in [7, 11) is 1.62. The lowest BCUT2D eigenvalue weighted by Gasteiger charge is -2.19. The second-order valence-electron chi connectivity index (χ2n) is 3.59. The van der Waals surface area contributed by atoms with Gasteiger partial charge in [0.15, 0.2) is 0 Å². The van der Waals surface area contributed by atoms with Crippen molar-refractivity contribution in [3.63, 3.8) is 0 Å². The summed E-state index contributed by atoms with van der Waals surface area (Å²) in [6.07, 6.45) is 0. The van der Waals surface area contributed by atoms with Crippen LogP contribution in [0, 0.1) is 11.3 Å². The van der Waals surface area contributed by atoms with E-state index in [1.165, 1.54) is 0 Å². The van der Waals surface area contributed by atoms with Gasteiger partial charge in [0.25, 0.3) is 0 Å². The molecule has 74 valence electrons. The monoisotopic (exact) mass is 190 g/mol. The third-order valence-electron chi connectivity index (χ3n) is 1.81. The lowest BCUT2D eigenvalue weighted by Crippen LogP contribution is -2.28. The molecule has 0 aliphatic heterocycles. The molecule has 0 aliphatic carbocycles. The second kappa shape index (κ2) is 4.01. The molecular weight excluding hydrogens is 176 g/mol. The number of ether oxygens (including phenoxy) is 1. The molecule has 14 heavy (non-hydrogen) atoms. The maximum absolute atomic E-state index is 8.84. The predicted octanol–water partition coefficient (Wildman–Crippen LogP) is 2.41. The van der Waals surface area contributed by atoms with Gasteiger partial charge in [0.2, 0.25) is 0 Å². The molecule has 0 atom stereocenters. The fourth-order valence-corrected chi connectivity index (χ4v) is 1.09. The van der Waals surface area contributed by atoms with Gasteiger partial charge in [0, 0.05) is 11.8 Å². The van der Waals surface area contributed by atoms with Crippen LogP contribution in [0.4, 0.5) is 5.69 Å². The first-order valence-electron chi connectivity index (χ1n) is 4.41. The highest BCUT2D eigenvalue weighted by molar-refractivity contribution is 5.51. The predicted molar refractivity (Wildman–Crippen MR) is 56.3 cm³/mol. The summed E-state index contributed by atoms with van der Waals surface area (Å²) in [6.45, 7) is 3.65. The average Bonchev–Trinajstić information content (AvgIpc) is 2.17. The Morgan fingerprint density at radius 1 is 1.43 bits per heavy atom. The highest BCUT2D eigenvalue weighted by atomic mass is 16.5. The maximum Gasteiger partial charge on any atom is 0.120 e. The average molecular weight is 190 g/mol. The third kappa shape index (κ3) is 2.67. The van der Waals surface area contributed by atoms with Gasteiger partial charge in [0.1, 0.15) is 11.3 Å². The van der Waals surface area contributed by atoms with Crippen LogP contribution in [0.2, 0.25) is 0 Å². The van der Waals surface area contributed by atoms with Crippen molar-refractivity contribution in [3.05, 3.63) is 24.3 Å². The van der Waals surface area contributed by atoms with E-state index in [1.54, 1.807) is 7.11 Å². The normalized spacial score (nSPS) is 10.4. The number of nitrogens with one attached hydrogen (secondary N) is 1. The van der Waals surface area contributed by atoms with Crippen LogP contribution < -0.4 is 10.1 Å². The molecule has 3 heteroatoms. The van der Waals surface area contributed by atoms with E-state index in [4.69, 9.17) is 10.00 Å². The van der Waals surface area contributed by atoms with Crippen molar-refractivity contribution in [1.29, 1.82) is 5.26 Å². The molecule has 0 heterocycles. The summed E-state index contributed by atoms with van der Waals surface area (Å²) in [5.74, 6) is 0.781. The van der Waals surface area contributed by atoms with Gasteiger partial charge >= 0.3 is 0 Å². The number of nitrogens with zero attached hydrogens (tertiary/aromatic N) is 1. The number of nitriles is 1. The van der Waals surface area contributed by atoms with Crippen molar-refractivity contribution in [2.24, 2.45) is 0 Å². The number of methoxy groups -OCH3 is 1. The van der Waals surface area contributed by atoms with Gasteiger partial charge in [-0.3, -0.25) is 0 Å². The summed E-state index contributed by atoms with van der Waals surface area (Å²) in [6, 6.07) is 9.69. The molecule has 1 rings (SSSR count). The van der Waals surface area contributed by atoms with Crippen LogP contribution >= 0.6 is 0 Å². The van der Waals surface area contributed by atoms with E-state index in [1.807, 2.05) is 38.1 Å². The standard InChI is InChI=1S/C11H14N2O/c1-11(2,8-12)13-9-5-4-6-10(7-9)14-3/h4-7,13H,1-3H3. The Morgan fingerprint density at radius 3 is 2.71 bits per heavy atom. The molecule has 1 aromatic carbocycles. The van der Waals surface area contributed by atoms with Crippen molar-refractivity contribution in [3.8, 4) is 11.8 Å². The van der Waals surface area contributed by atoms with Gasteiger partial charge in [-0.1, -0.05) is 6.07 Å². The van der Waals surface area contributed by atoms with E-state index in [9.17, 15) is 0 Å². The van der Waals surface area contributed by atoms with Crippen molar-refractivity contribution >= 4 is 5.69 Å².